The first-order valence-electron chi connectivity index (χ1n) is 7.01. The van der Waals surface area contributed by atoms with Crippen molar-refractivity contribution < 1.29 is 19.1 Å². The molecule has 0 unspecified atom stereocenters. The summed E-state index contributed by atoms with van der Waals surface area (Å²) in [6.45, 7) is 7.01. The number of carbonyl (C=O) groups is 2. The number of benzene rings is 1. The third kappa shape index (κ3) is 5.84. The van der Waals surface area contributed by atoms with Crippen LogP contribution in [-0.4, -0.2) is 24.8 Å². The van der Waals surface area contributed by atoms with Crippen LogP contribution < -0.4 is 5.32 Å². The second-order valence-corrected chi connectivity index (χ2v) is 7.85. The van der Waals surface area contributed by atoms with E-state index in [2.05, 4.69) is 27.9 Å². The number of ether oxygens (including phenoxy) is 2. The molecule has 0 heterocycles. The van der Waals surface area contributed by atoms with Gasteiger partial charge in [-0.05, 0) is 61.9 Å². The van der Waals surface area contributed by atoms with Gasteiger partial charge in [0.05, 0.1) is 24.1 Å². The monoisotopic (exact) mass is 453 g/mol. The minimum atomic E-state index is -1.05. The maximum absolute atomic E-state index is 12.2. The number of rotatable bonds is 4. The van der Waals surface area contributed by atoms with Crippen molar-refractivity contribution in [3.05, 3.63) is 32.4 Å². The van der Waals surface area contributed by atoms with Gasteiger partial charge in [0.2, 0.25) is 0 Å². The van der Waals surface area contributed by atoms with E-state index in [0.717, 1.165) is 3.57 Å². The summed E-state index contributed by atoms with van der Waals surface area (Å²) >= 11 is 8.47. The lowest BCUT2D eigenvalue weighted by atomic mass is 9.88. The highest BCUT2D eigenvalue weighted by atomic mass is 127. The normalized spacial score (nSPS) is 13.9. The van der Waals surface area contributed by atoms with Crippen molar-refractivity contribution in [3.63, 3.8) is 0 Å². The molecule has 0 aliphatic carbocycles. The second-order valence-electron chi connectivity index (χ2n) is 6.31. The molecular weight excluding hydrogens is 433 g/mol. The summed E-state index contributed by atoms with van der Waals surface area (Å²) in [7, 11) is 1.30. The Balaban J connectivity index is 3.20. The number of hydrogen-bond acceptors (Lipinski definition) is 4. The van der Waals surface area contributed by atoms with Gasteiger partial charge in [-0.25, -0.2) is 4.79 Å². The van der Waals surface area contributed by atoms with Crippen LogP contribution in [0.5, 0.6) is 0 Å². The van der Waals surface area contributed by atoms with Crippen molar-refractivity contribution in [2.75, 3.05) is 7.11 Å². The van der Waals surface area contributed by atoms with E-state index in [-0.39, 0.29) is 6.42 Å². The molecule has 128 valence electrons. The van der Waals surface area contributed by atoms with Gasteiger partial charge in [-0.1, -0.05) is 23.7 Å². The molecule has 0 radical (unpaired) electrons. The molecule has 7 heteroatoms. The summed E-state index contributed by atoms with van der Waals surface area (Å²) in [5.74, 6) is -0.460. The van der Waals surface area contributed by atoms with Gasteiger partial charge in [-0.3, -0.25) is 4.79 Å². The summed E-state index contributed by atoms with van der Waals surface area (Å²) < 4.78 is 10.9. The van der Waals surface area contributed by atoms with Crippen molar-refractivity contribution in [2.24, 2.45) is 0 Å². The van der Waals surface area contributed by atoms with Gasteiger partial charge in [0, 0.05) is 3.57 Å². The van der Waals surface area contributed by atoms with Crippen molar-refractivity contribution >= 4 is 46.3 Å². The molecule has 5 nitrogen and oxygen atoms in total. The zero-order chi connectivity index (χ0) is 17.8. The fraction of sp³-hybridized carbons (Fsp3) is 0.500. The zero-order valence-corrected chi connectivity index (χ0v) is 16.7. The molecule has 1 aromatic carbocycles. The minimum Gasteiger partial charge on any atom is -0.469 e. The van der Waals surface area contributed by atoms with Crippen molar-refractivity contribution in [3.8, 4) is 0 Å². The van der Waals surface area contributed by atoms with Crippen molar-refractivity contribution in [1.82, 2.24) is 5.32 Å². The lowest BCUT2D eigenvalue weighted by Gasteiger charge is -2.32. The number of halogens is 2. The lowest BCUT2D eigenvalue weighted by Crippen LogP contribution is -2.47. The van der Waals surface area contributed by atoms with E-state index in [9.17, 15) is 9.59 Å². The number of alkyl carbamates (subject to hydrolysis) is 1. The molecule has 23 heavy (non-hydrogen) atoms. The van der Waals surface area contributed by atoms with E-state index < -0.39 is 23.2 Å². The molecule has 0 spiro atoms. The average Bonchev–Trinajstić information content (AvgIpc) is 2.38. The van der Waals surface area contributed by atoms with Crippen LogP contribution in [0.1, 0.15) is 39.7 Å². The number of hydrogen-bond donors (Lipinski definition) is 1. The molecule has 1 N–H and O–H groups in total. The Labute approximate surface area is 155 Å². The van der Waals surface area contributed by atoms with E-state index >= 15 is 0 Å². The molecular formula is C16H21ClINO4. The van der Waals surface area contributed by atoms with E-state index in [4.69, 9.17) is 21.1 Å². The van der Waals surface area contributed by atoms with E-state index in [0.29, 0.717) is 10.6 Å². The summed E-state index contributed by atoms with van der Waals surface area (Å²) in [4.78, 5) is 24.0. The van der Waals surface area contributed by atoms with Crippen LogP contribution in [0.25, 0.3) is 0 Å². The lowest BCUT2D eigenvalue weighted by molar-refractivity contribution is -0.142. The molecule has 1 aromatic rings. The van der Waals surface area contributed by atoms with Crippen LogP contribution in [0, 0.1) is 3.57 Å². The van der Waals surface area contributed by atoms with E-state index in [1.807, 2.05) is 12.1 Å². The van der Waals surface area contributed by atoms with Gasteiger partial charge in [-0.2, -0.15) is 0 Å². The highest BCUT2D eigenvalue weighted by molar-refractivity contribution is 14.1. The maximum atomic E-state index is 12.2. The summed E-state index contributed by atoms with van der Waals surface area (Å²) in [6.07, 6.45) is -0.693. The Hall–Kier alpha value is -1.02. The second kappa shape index (κ2) is 7.70. The van der Waals surface area contributed by atoms with Gasteiger partial charge in [0.1, 0.15) is 5.60 Å². The smallest absolute Gasteiger partial charge is 0.408 e. The first-order valence-corrected chi connectivity index (χ1v) is 8.46. The van der Waals surface area contributed by atoms with Gasteiger partial charge in [0.25, 0.3) is 0 Å². The third-order valence-corrected chi connectivity index (χ3v) is 4.67. The van der Waals surface area contributed by atoms with Crippen LogP contribution in [0.15, 0.2) is 18.2 Å². The van der Waals surface area contributed by atoms with Crippen molar-refractivity contribution in [1.29, 1.82) is 0 Å². The van der Waals surface area contributed by atoms with Crippen LogP contribution in [-0.2, 0) is 19.8 Å². The quantitative estimate of drug-likeness (QED) is 0.547. The van der Waals surface area contributed by atoms with Crippen LogP contribution in [0.2, 0.25) is 5.02 Å². The van der Waals surface area contributed by atoms with Crippen LogP contribution in [0.4, 0.5) is 4.79 Å². The Morgan fingerprint density at radius 2 is 1.87 bits per heavy atom. The Kier molecular flexibility index (Phi) is 6.70. The fourth-order valence-electron chi connectivity index (χ4n) is 2.03. The van der Waals surface area contributed by atoms with Crippen molar-refractivity contribution in [2.45, 2.75) is 45.3 Å². The third-order valence-electron chi connectivity index (χ3n) is 3.05. The molecule has 0 aliphatic heterocycles. The molecule has 0 bridgehead atoms. The summed E-state index contributed by atoms with van der Waals surface area (Å²) in [6, 6.07) is 5.43. The first-order chi connectivity index (χ1) is 10.5. The number of amides is 1. The van der Waals surface area contributed by atoms with Gasteiger partial charge < -0.3 is 14.8 Å². The summed E-state index contributed by atoms with van der Waals surface area (Å²) in [5.41, 5.74) is -1.07. The highest BCUT2D eigenvalue weighted by Gasteiger charge is 2.35. The molecule has 1 amide bonds. The Bertz CT molecular complexity index is 600. The van der Waals surface area contributed by atoms with Gasteiger partial charge in [0.15, 0.2) is 0 Å². The average molecular weight is 454 g/mol. The molecule has 1 atom stereocenters. The zero-order valence-electron chi connectivity index (χ0n) is 13.8. The molecule has 0 saturated heterocycles. The first kappa shape index (κ1) is 20.0. The molecule has 0 aromatic heterocycles. The maximum Gasteiger partial charge on any atom is 0.408 e. The minimum absolute atomic E-state index is 0.0669. The largest absolute Gasteiger partial charge is 0.469 e. The fourth-order valence-corrected chi connectivity index (χ4v) is 2.86. The number of methoxy groups -OCH3 is 1. The predicted molar refractivity (Wildman–Crippen MR) is 97.5 cm³/mol. The van der Waals surface area contributed by atoms with Gasteiger partial charge >= 0.3 is 12.1 Å². The topological polar surface area (TPSA) is 64.6 Å². The number of nitrogens with one attached hydrogen (secondary N) is 1. The highest BCUT2D eigenvalue weighted by Crippen LogP contribution is 2.34. The standard InChI is InChI=1S/C16H21ClINO4/c1-15(2,3)23-14(21)19-16(4,9-12(20)22-5)10-7-6-8-11(18)13(10)17/h6-8H,9H2,1-5H3,(H,19,21)/t16-/m0/s1. The number of carbonyl (C=O) groups excluding carboxylic acids is 2. The van der Waals surface area contributed by atoms with E-state index in [1.54, 1.807) is 33.8 Å². The number of esters is 1. The SMILES string of the molecule is COC(=O)C[C@](C)(NC(=O)OC(C)(C)C)c1cccc(I)c1Cl. The van der Waals surface area contributed by atoms with Crippen LogP contribution in [0.3, 0.4) is 0 Å². The predicted octanol–water partition coefficient (Wildman–Crippen LogP) is 4.25. The van der Waals surface area contributed by atoms with Gasteiger partial charge in [-0.15, -0.1) is 0 Å². The molecule has 0 aliphatic rings. The Morgan fingerprint density at radius 3 is 2.39 bits per heavy atom. The molecule has 1 rings (SSSR count). The van der Waals surface area contributed by atoms with Crippen LogP contribution >= 0.6 is 34.2 Å². The molecule has 0 fully saturated rings. The Morgan fingerprint density at radius 1 is 1.26 bits per heavy atom. The summed E-state index contributed by atoms with van der Waals surface area (Å²) in [5, 5.41) is 3.23. The van der Waals surface area contributed by atoms with E-state index in [1.165, 1.54) is 7.11 Å². The molecule has 0 saturated carbocycles.